The van der Waals surface area contributed by atoms with Crippen LogP contribution in [0.1, 0.15) is 26.3 Å². The molecule has 0 fully saturated rings. The summed E-state index contributed by atoms with van der Waals surface area (Å²) in [5, 5.41) is 23.6. The number of benzene rings is 2. The SMILES string of the molecule is O=C1NC(=O)c2ccccc2/C1=C/Nc1ccc(O)c(C(=O)O)c1. The minimum absolute atomic E-state index is 0.246. The van der Waals surface area contributed by atoms with Crippen LogP contribution >= 0.6 is 0 Å². The summed E-state index contributed by atoms with van der Waals surface area (Å²) in [4.78, 5) is 34.9. The number of amides is 2. The van der Waals surface area contributed by atoms with Crippen LogP contribution in [0.2, 0.25) is 0 Å². The molecule has 0 saturated heterocycles. The number of carboxylic acid groups (broad SMARTS) is 1. The third-order valence-electron chi connectivity index (χ3n) is 3.54. The molecule has 24 heavy (non-hydrogen) atoms. The molecule has 1 heterocycles. The fraction of sp³-hybridized carbons (Fsp3) is 0. The van der Waals surface area contributed by atoms with Crippen LogP contribution in [0.25, 0.3) is 5.57 Å². The number of fused-ring (bicyclic) bond motifs is 1. The number of carboxylic acids is 1. The molecule has 7 heteroatoms. The standard InChI is InChI=1S/C17H12N2O5/c20-14-6-5-9(7-12(14)17(23)24)18-8-13-10-3-1-2-4-11(10)15(21)19-16(13)22/h1-8,18,20H,(H,23,24)(H,19,21,22)/b13-8-. The second-order valence-electron chi connectivity index (χ2n) is 5.07. The van der Waals surface area contributed by atoms with Crippen molar-refractivity contribution in [3.8, 4) is 5.75 Å². The first-order chi connectivity index (χ1) is 11.5. The van der Waals surface area contributed by atoms with E-state index in [0.717, 1.165) is 0 Å². The van der Waals surface area contributed by atoms with Crippen molar-refractivity contribution in [3.05, 3.63) is 65.4 Å². The number of carbonyl (C=O) groups is 3. The van der Waals surface area contributed by atoms with Crippen LogP contribution in [-0.2, 0) is 4.79 Å². The molecule has 0 spiro atoms. The van der Waals surface area contributed by atoms with Gasteiger partial charge < -0.3 is 15.5 Å². The first-order valence-corrected chi connectivity index (χ1v) is 6.95. The van der Waals surface area contributed by atoms with Crippen LogP contribution in [0.3, 0.4) is 0 Å². The third-order valence-corrected chi connectivity index (χ3v) is 3.54. The van der Waals surface area contributed by atoms with Gasteiger partial charge in [0, 0.05) is 23.0 Å². The summed E-state index contributed by atoms with van der Waals surface area (Å²) in [6.45, 7) is 0. The maximum absolute atomic E-state index is 12.0. The van der Waals surface area contributed by atoms with Gasteiger partial charge in [0.2, 0.25) is 0 Å². The smallest absolute Gasteiger partial charge is 0.339 e. The van der Waals surface area contributed by atoms with E-state index in [4.69, 9.17) is 5.11 Å². The van der Waals surface area contributed by atoms with Crippen molar-refractivity contribution < 1.29 is 24.6 Å². The van der Waals surface area contributed by atoms with E-state index in [1.165, 1.54) is 24.4 Å². The first kappa shape index (κ1) is 15.3. The Labute approximate surface area is 136 Å². The Morgan fingerprint density at radius 2 is 1.75 bits per heavy atom. The van der Waals surface area contributed by atoms with Crippen molar-refractivity contribution in [2.24, 2.45) is 0 Å². The van der Waals surface area contributed by atoms with E-state index < -0.39 is 17.8 Å². The van der Waals surface area contributed by atoms with E-state index in [-0.39, 0.29) is 16.9 Å². The molecule has 1 aliphatic rings. The number of phenols is 1. The normalized spacial score (nSPS) is 14.9. The predicted octanol–water partition coefficient (Wildman–Crippen LogP) is 1.81. The molecule has 0 radical (unpaired) electrons. The highest BCUT2D eigenvalue weighted by molar-refractivity contribution is 6.31. The second kappa shape index (κ2) is 5.88. The minimum atomic E-state index is -1.27. The molecule has 1 aliphatic heterocycles. The Kier molecular flexibility index (Phi) is 3.75. The van der Waals surface area contributed by atoms with Crippen molar-refractivity contribution in [1.82, 2.24) is 5.32 Å². The number of hydrogen-bond acceptors (Lipinski definition) is 5. The molecule has 4 N–H and O–H groups in total. The lowest BCUT2D eigenvalue weighted by atomic mass is 9.95. The molecule has 0 aromatic heterocycles. The molecule has 2 aromatic rings. The number of hydrogen-bond donors (Lipinski definition) is 4. The fourth-order valence-electron chi connectivity index (χ4n) is 2.37. The molecule has 7 nitrogen and oxygen atoms in total. The van der Waals surface area contributed by atoms with Gasteiger partial charge in [0.25, 0.3) is 11.8 Å². The molecule has 2 aromatic carbocycles. The quantitative estimate of drug-likeness (QED) is 0.389. The molecular weight excluding hydrogens is 312 g/mol. The highest BCUT2D eigenvalue weighted by Crippen LogP contribution is 2.25. The highest BCUT2D eigenvalue weighted by Gasteiger charge is 2.26. The number of anilines is 1. The van der Waals surface area contributed by atoms with Crippen LogP contribution in [0, 0.1) is 0 Å². The van der Waals surface area contributed by atoms with Crippen LogP contribution in [0.4, 0.5) is 5.69 Å². The first-order valence-electron chi connectivity index (χ1n) is 6.95. The monoisotopic (exact) mass is 324 g/mol. The highest BCUT2D eigenvalue weighted by atomic mass is 16.4. The van der Waals surface area contributed by atoms with E-state index in [0.29, 0.717) is 16.8 Å². The molecule has 3 rings (SSSR count). The van der Waals surface area contributed by atoms with Crippen LogP contribution in [-0.4, -0.2) is 28.0 Å². The molecule has 0 unspecified atom stereocenters. The Balaban J connectivity index is 1.96. The van der Waals surface area contributed by atoms with E-state index >= 15 is 0 Å². The van der Waals surface area contributed by atoms with Gasteiger partial charge in [0.05, 0.1) is 5.57 Å². The Hall–Kier alpha value is -3.61. The second-order valence-corrected chi connectivity index (χ2v) is 5.07. The van der Waals surface area contributed by atoms with Gasteiger partial charge in [-0.1, -0.05) is 18.2 Å². The van der Waals surface area contributed by atoms with E-state index in [2.05, 4.69) is 10.6 Å². The Bertz CT molecular complexity index is 902. The molecule has 0 saturated carbocycles. The minimum Gasteiger partial charge on any atom is -0.507 e. The fourth-order valence-corrected chi connectivity index (χ4v) is 2.37. The summed E-state index contributed by atoms with van der Waals surface area (Å²) in [5.41, 5.74) is 1.22. The van der Waals surface area contributed by atoms with Crippen LogP contribution in [0.15, 0.2) is 48.7 Å². The van der Waals surface area contributed by atoms with Crippen molar-refractivity contribution in [2.45, 2.75) is 0 Å². The third kappa shape index (κ3) is 2.70. The molecule has 0 aliphatic carbocycles. The van der Waals surface area contributed by atoms with Gasteiger partial charge in [-0.3, -0.25) is 14.9 Å². The van der Waals surface area contributed by atoms with Crippen LogP contribution in [0.5, 0.6) is 5.75 Å². The van der Waals surface area contributed by atoms with Gasteiger partial charge in [-0.25, -0.2) is 4.79 Å². The zero-order chi connectivity index (χ0) is 17.3. The summed E-state index contributed by atoms with van der Waals surface area (Å²) < 4.78 is 0. The number of imide groups is 1. The topological polar surface area (TPSA) is 116 Å². The van der Waals surface area contributed by atoms with Gasteiger partial charge in [0.1, 0.15) is 11.3 Å². The molecular formula is C17H12N2O5. The lowest BCUT2D eigenvalue weighted by molar-refractivity contribution is -0.114. The Morgan fingerprint density at radius 1 is 1.04 bits per heavy atom. The molecule has 120 valence electrons. The number of aromatic carboxylic acids is 1. The van der Waals surface area contributed by atoms with Gasteiger partial charge in [0.15, 0.2) is 0 Å². The van der Waals surface area contributed by atoms with E-state index in [1.807, 2.05) is 0 Å². The van der Waals surface area contributed by atoms with Gasteiger partial charge >= 0.3 is 5.97 Å². The molecule has 2 amide bonds. The predicted molar refractivity (Wildman–Crippen MR) is 85.6 cm³/mol. The largest absolute Gasteiger partial charge is 0.507 e. The molecule has 0 atom stereocenters. The van der Waals surface area contributed by atoms with Gasteiger partial charge in [-0.15, -0.1) is 0 Å². The zero-order valence-electron chi connectivity index (χ0n) is 12.2. The van der Waals surface area contributed by atoms with Crippen LogP contribution < -0.4 is 10.6 Å². The average molecular weight is 324 g/mol. The van der Waals surface area contributed by atoms with Crippen molar-refractivity contribution in [3.63, 3.8) is 0 Å². The number of nitrogens with one attached hydrogen (secondary N) is 2. The maximum Gasteiger partial charge on any atom is 0.339 e. The van der Waals surface area contributed by atoms with Crippen molar-refractivity contribution in [1.29, 1.82) is 0 Å². The summed E-state index contributed by atoms with van der Waals surface area (Å²) in [6.07, 6.45) is 1.39. The van der Waals surface area contributed by atoms with Crippen molar-refractivity contribution in [2.75, 3.05) is 5.32 Å². The summed E-state index contributed by atoms with van der Waals surface area (Å²) in [5.74, 6) is -2.64. The maximum atomic E-state index is 12.0. The average Bonchev–Trinajstić information content (AvgIpc) is 2.55. The molecule has 0 bridgehead atoms. The Morgan fingerprint density at radius 3 is 2.46 bits per heavy atom. The number of aromatic hydroxyl groups is 1. The zero-order valence-corrected chi connectivity index (χ0v) is 12.2. The lowest BCUT2D eigenvalue weighted by Gasteiger charge is -2.18. The number of carbonyl (C=O) groups excluding carboxylic acids is 2. The summed E-state index contributed by atoms with van der Waals surface area (Å²) in [6, 6.07) is 10.6. The van der Waals surface area contributed by atoms with E-state index in [1.54, 1.807) is 24.3 Å². The summed E-state index contributed by atoms with van der Waals surface area (Å²) >= 11 is 0. The van der Waals surface area contributed by atoms with Gasteiger partial charge in [-0.2, -0.15) is 0 Å². The lowest BCUT2D eigenvalue weighted by Crippen LogP contribution is -2.36. The van der Waals surface area contributed by atoms with E-state index in [9.17, 15) is 19.5 Å². The van der Waals surface area contributed by atoms with Gasteiger partial charge in [-0.05, 0) is 24.3 Å². The van der Waals surface area contributed by atoms with Crippen molar-refractivity contribution >= 4 is 29.0 Å². The summed E-state index contributed by atoms with van der Waals surface area (Å²) in [7, 11) is 0. The number of rotatable bonds is 3.